The molecule has 2 fully saturated rings. The zero-order valence-electron chi connectivity index (χ0n) is 10.9. The molecule has 1 nitrogen and oxygen atoms in total. The van der Waals surface area contributed by atoms with Crippen LogP contribution in [0.3, 0.4) is 0 Å². The molecule has 4 heteroatoms. The minimum absolute atomic E-state index is 0.228. The van der Waals surface area contributed by atoms with Gasteiger partial charge in [-0.2, -0.15) is 0 Å². The average Bonchev–Trinajstić information content (AvgIpc) is 2.78. The highest BCUT2D eigenvalue weighted by atomic mass is 19.2. The number of nitrogens with zero attached hydrogens (tertiary/aromatic N) is 1. The van der Waals surface area contributed by atoms with Crippen LogP contribution >= 0.6 is 0 Å². The molecule has 1 heterocycles. The van der Waals surface area contributed by atoms with Crippen molar-refractivity contribution in [1.82, 2.24) is 4.90 Å². The molecule has 1 aliphatic carbocycles. The number of hydrogen-bond donors (Lipinski definition) is 0. The second-order valence-electron chi connectivity index (χ2n) is 5.74. The van der Waals surface area contributed by atoms with E-state index >= 15 is 0 Å². The maximum absolute atomic E-state index is 14.2. The third-order valence-electron chi connectivity index (χ3n) is 4.30. The molecule has 0 amide bonds. The molecule has 104 valence electrons. The van der Waals surface area contributed by atoms with Crippen molar-refractivity contribution in [1.29, 1.82) is 0 Å². The molecule has 19 heavy (non-hydrogen) atoms. The number of rotatable bonds is 3. The lowest BCUT2D eigenvalue weighted by atomic mass is 9.76. The van der Waals surface area contributed by atoms with Gasteiger partial charge in [0.25, 0.3) is 0 Å². The Morgan fingerprint density at radius 1 is 1.00 bits per heavy atom. The van der Waals surface area contributed by atoms with Crippen LogP contribution in [0.4, 0.5) is 13.2 Å². The van der Waals surface area contributed by atoms with E-state index in [2.05, 4.69) is 4.90 Å². The van der Waals surface area contributed by atoms with Crippen molar-refractivity contribution in [2.24, 2.45) is 0 Å². The summed E-state index contributed by atoms with van der Waals surface area (Å²) in [6.07, 6.45) is 3.43. The van der Waals surface area contributed by atoms with E-state index in [1.54, 1.807) is 0 Å². The third-order valence-corrected chi connectivity index (χ3v) is 4.30. The minimum atomic E-state index is -1.78. The predicted octanol–water partition coefficient (Wildman–Crippen LogP) is 3.91. The Bertz CT molecular complexity index is 453. The van der Waals surface area contributed by atoms with Crippen LogP contribution in [0.25, 0.3) is 0 Å². The van der Waals surface area contributed by atoms with Crippen LogP contribution in [-0.2, 0) is 12.2 Å². The molecule has 1 aliphatic heterocycles. The maximum Gasteiger partial charge on any atom is 0.141 e. The fourth-order valence-corrected chi connectivity index (χ4v) is 3.08. The van der Waals surface area contributed by atoms with Crippen molar-refractivity contribution < 1.29 is 13.2 Å². The van der Waals surface area contributed by atoms with Crippen molar-refractivity contribution in [3.8, 4) is 0 Å². The van der Waals surface area contributed by atoms with Crippen LogP contribution < -0.4 is 0 Å². The van der Waals surface area contributed by atoms with Crippen LogP contribution in [0.2, 0.25) is 0 Å². The van der Waals surface area contributed by atoms with Crippen LogP contribution in [0.5, 0.6) is 0 Å². The highest BCUT2D eigenvalue weighted by Crippen LogP contribution is 2.47. The molecule has 0 radical (unpaired) electrons. The topological polar surface area (TPSA) is 3.24 Å². The Balaban J connectivity index is 1.84. The lowest BCUT2D eigenvalue weighted by Crippen LogP contribution is -2.31. The largest absolute Gasteiger partial charge is 0.299 e. The van der Waals surface area contributed by atoms with Gasteiger partial charge in [0, 0.05) is 6.54 Å². The fourth-order valence-electron chi connectivity index (χ4n) is 3.08. The summed E-state index contributed by atoms with van der Waals surface area (Å²) < 4.78 is 42.2. The van der Waals surface area contributed by atoms with E-state index in [1.165, 1.54) is 12.1 Å². The summed E-state index contributed by atoms with van der Waals surface area (Å²) in [6.45, 7) is 2.49. The Kier molecular flexibility index (Phi) is 3.29. The van der Waals surface area contributed by atoms with Crippen molar-refractivity contribution in [2.45, 2.75) is 44.3 Å². The molecule has 0 spiro atoms. The van der Waals surface area contributed by atoms with Crippen molar-refractivity contribution in [3.63, 3.8) is 0 Å². The van der Waals surface area contributed by atoms with Gasteiger partial charge in [0.05, 0.1) is 5.56 Å². The average molecular weight is 269 g/mol. The van der Waals surface area contributed by atoms with Crippen LogP contribution in [0, 0.1) is 11.6 Å². The molecule has 1 aromatic carbocycles. The van der Waals surface area contributed by atoms with Gasteiger partial charge in [0.2, 0.25) is 0 Å². The monoisotopic (exact) mass is 269 g/mol. The molecule has 1 saturated carbocycles. The quantitative estimate of drug-likeness (QED) is 0.804. The zero-order chi connectivity index (χ0) is 13.5. The van der Waals surface area contributed by atoms with Gasteiger partial charge in [-0.25, -0.2) is 13.2 Å². The predicted molar refractivity (Wildman–Crippen MR) is 67.5 cm³/mol. The summed E-state index contributed by atoms with van der Waals surface area (Å²) in [4.78, 5) is 2.17. The van der Waals surface area contributed by atoms with Gasteiger partial charge in [-0.05, 0) is 62.9 Å². The molecular formula is C15H18F3N. The summed E-state index contributed by atoms with van der Waals surface area (Å²) in [7, 11) is 0. The summed E-state index contributed by atoms with van der Waals surface area (Å²) in [5.74, 6) is -1.45. The van der Waals surface area contributed by atoms with Gasteiger partial charge in [0.15, 0.2) is 0 Å². The zero-order valence-corrected chi connectivity index (χ0v) is 10.9. The van der Waals surface area contributed by atoms with E-state index in [9.17, 15) is 13.2 Å². The number of benzene rings is 1. The first-order valence-corrected chi connectivity index (χ1v) is 6.98. The molecule has 1 aromatic rings. The van der Waals surface area contributed by atoms with Gasteiger partial charge in [-0.15, -0.1) is 0 Å². The summed E-state index contributed by atoms with van der Waals surface area (Å²) in [5, 5.41) is 0. The number of halogens is 3. The first-order valence-electron chi connectivity index (χ1n) is 6.98. The molecule has 0 aromatic heterocycles. The second kappa shape index (κ2) is 4.82. The molecule has 3 rings (SSSR count). The van der Waals surface area contributed by atoms with E-state index in [4.69, 9.17) is 0 Å². The van der Waals surface area contributed by atoms with Gasteiger partial charge >= 0.3 is 0 Å². The molecule has 0 N–H and O–H groups in total. The maximum atomic E-state index is 14.2. The van der Waals surface area contributed by atoms with E-state index in [-0.39, 0.29) is 18.4 Å². The van der Waals surface area contributed by atoms with E-state index in [1.807, 2.05) is 0 Å². The summed E-state index contributed by atoms with van der Waals surface area (Å²) in [5.41, 5.74) is -1.53. The van der Waals surface area contributed by atoms with Crippen molar-refractivity contribution in [2.75, 3.05) is 13.1 Å². The van der Waals surface area contributed by atoms with E-state index < -0.39 is 17.3 Å². The Morgan fingerprint density at radius 3 is 2.05 bits per heavy atom. The van der Waals surface area contributed by atoms with Gasteiger partial charge < -0.3 is 0 Å². The molecular weight excluding hydrogens is 251 g/mol. The number of likely N-dealkylation sites (tertiary alicyclic amines) is 1. The highest BCUT2D eigenvalue weighted by molar-refractivity contribution is 5.32. The second-order valence-corrected chi connectivity index (χ2v) is 5.74. The first kappa shape index (κ1) is 13.0. The standard InChI is InChI=1S/C15H18F3N/c16-12-8-11(10-19-6-1-2-7-19)9-13(17)14(12)15(18)4-3-5-15/h8-9H,1-7,10H2. The molecule has 0 bridgehead atoms. The smallest absolute Gasteiger partial charge is 0.141 e. The van der Waals surface area contributed by atoms with E-state index in [0.29, 0.717) is 18.5 Å². The molecule has 2 aliphatic rings. The highest BCUT2D eigenvalue weighted by Gasteiger charge is 2.43. The van der Waals surface area contributed by atoms with Crippen LogP contribution in [-0.4, -0.2) is 18.0 Å². The normalized spacial score (nSPS) is 22.5. The molecule has 0 unspecified atom stereocenters. The number of hydrogen-bond acceptors (Lipinski definition) is 1. The fraction of sp³-hybridized carbons (Fsp3) is 0.600. The lowest BCUT2D eigenvalue weighted by Gasteiger charge is -2.34. The van der Waals surface area contributed by atoms with Crippen LogP contribution in [0.15, 0.2) is 12.1 Å². The van der Waals surface area contributed by atoms with E-state index in [0.717, 1.165) is 25.9 Å². The summed E-state index contributed by atoms with van der Waals surface area (Å²) >= 11 is 0. The minimum Gasteiger partial charge on any atom is -0.299 e. The summed E-state index contributed by atoms with van der Waals surface area (Å²) in [6, 6.07) is 2.60. The Labute approximate surface area is 111 Å². The number of alkyl halides is 1. The molecule has 0 atom stereocenters. The third kappa shape index (κ3) is 2.38. The van der Waals surface area contributed by atoms with Gasteiger partial charge in [0.1, 0.15) is 17.3 Å². The van der Waals surface area contributed by atoms with Crippen LogP contribution in [0.1, 0.15) is 43.2 Å². The Morgan fingerprint density at radius 2 is 1.58 bits per heavy atom. The molecule has 1 saturated heterocycles. The first-order chi connectivity index (χ1) is 9.08. The SMILES string of the molecule is Fc1cc(CN2CCCC2)cc(F)c1C1(F)CCC1. The van der Waals surface area contributed by atoms with Crippen molar-refractivity contribution >= 4 is 0 Å². The van der Waals surface area contributed by atoms with Gasteiger partial charge in [-0.1, -0.05) is 0 Å². The Hall–Kier alpha value is -1.03. The van der Waals surface area contributed by atoms with Crippen molar-refractivity contribution in [3.05, 3.63) is 34.9 Å². The lowest BCUT2D eigenvalue weighted by molar-refractivity contribution is 0.0523. The van der Waals surface area contributed by atoms with Gasteiger partial charge in [-0.3, -0.25) is 4.90 Å².